The first-order valence-electron chi connectivity index (χ1n) is 9.13. The number of carbonyl (C=O) groups is 1. The van der Waals surface area contributed by atoms with Crippen LogP contribution in [0, 0.1) is 5.92 Å². The van der Waals surface area contributed by atoms with E-state index in [9.17, 15) is 18.0 Å². The maximum absolute atomic E-state index is 12.5. The summed E-state index contributed by atoms with van der Waals surface area (Å²) in [5, 5.41) is 3.52. The van der Waals surface area contributed by atoms with Crippen molar-refractivity contribution in [3.8, 4) is 11.5 Å². The van der Waals surface area contributed by atoms with Gasteiger partial charge in [0.1, 0.15) is 11.5 Å². The SMILES string of the molecule is COc1ccc2nc(N3CC(C(=O)NCc4ccccc4OC(F)(F)F)C3)sc2c1. The van der Waals surface area contributed by atoms with Crippen molar-refractivity contribution in [3.63, 3.8) is 0 Å². The molecule has 1 aromatic heterocycles. The molecule has 1 N–H and O–H groups in total. The number of amides is 1. The lowest BCUT2D eigenvalue weighted by Gasteiger charge is -2.38. The van der Waals surface area contributed by atoms with Crippen molar-refractivity contribution in [2.75, 3.05) is 25.1 Å². The van der Waals surface area contributed by atoms with Crippen LogP contribution in [0.3, 0.4) is 0 Å². The number of rotatable bonds is 6. The van der Waals surface area contributed by atoms with E-state index in [1.165, 1.54) is 29.5 Å². The number of anilines is 1. The maximum Gasteiger partial charge on any atom is 0.573 e. The number of halogens is 3. The Morgan fingerprint density at radius 2 is 2.03 bits per heavy atom. The highest BCUT2D eigenvalue weighted by Crippen LogP contribution is 2.34. The number of aromatic nitrogens is 1. The number of hydrogen-bond acceptors (Lipinski definition) is 6. The molecular weight excluding hydrogens is 419 g/mol. The van der Waals surface area contributed by atoms with Gasteiger partial charge in [0, 0.05) is 25.2 Å². The number of hydrogen-bond donors (Lipinski definition) is 1. The average molecular weight is 437 g/mol. The molecule has 0 saturated carbocycles. The molecule has 3 aromatic rings. The molecule has 10 heteroatoms. The fourth-order valence-electron chi connectivity index (χ4n) is 3.16. The van der Waals surface area contributed by atoms with Crippen molar-refractivity contribution < 1.29 is 27.4 Å². The van der Waals surface area contributed by atoms with Gasteiger partial charge in [-0.1, -0.05) is 29.5 Å². The minimum absolute atomic E-state index is 0.0392. The summed E-state index contributed by atoms with van der Waals surface area (Å²) in [5.41, 5.74) is 1.13. The number of alkyl halides is 3. The summed E-state index contributed by atoms with van der Waals surface area (Å²) < 4.78 is 47.8. The molecule has 1 aliphatic heterocycles. The molecule has 158 valence electrons. The van der Waals surface area contributed by atoms with Gasteiger partial charge in [0.15, 0.2) is 5.13 Å². The molecule has 1 fully saturated rings. The zero-order valence-corrected chi connectivity index (χ0v) is 16.7. The molecule has 2 aromatic carbocycles. The van der Waals surface area contributed by atoms with Gasteiger partial charge in [-0.3, -0.25) is 4.79 Å². The Morgan fingerprint density at radius 3 is 2.77 bits per heavy atom. The lowest BCUT2D eigenvalue weighted by atomic mass is 10.00. The molecule has 0 unspecified atom stereocenters. The highest BCUT2D eigenvalue weighted by molar-refractivity contribution is 7.22. The molecule has 30 heavy (non-hydrogen) atoms. The quantitative estimate of drug-likeness (QED) is 0.633. The van der Waals surface area contributed by atoms with Crippen LogP contribution in [0.1, 0.15) is 5.56 Å². The van der Waals surface area contributed by atoms with E-state index in [2.05, 4.69) is 15.0 Å². The summed E-state index contributed by atoms with van der Waals surface area (Å²) >= 11 is 1.52. The minimum atomic E-state index is -4.78. The van der Waals surface area contributed by atoms with Crippen LogP contribution in [0.5, 0.6) is 11.5 Å². The molecule has 4 rings (SSSR count). The van der Waals surface area contributed by atoms with E-state index in [-0.39, 0.29) is 29.7 Å². The maximum atomic E-state index is 12.5. The Hall–Kier alpha value is -3.01. The van der Waals surface area contributed by atoms with E-state index in [1.54, 1.807) is 13.2 Å². The number of nitrogens with one attached hydrogen (secondary N) is 1. The molecule has 0 atom stereocenters. The van der Waals surface area contributed by atoms with Crippen molar-refractivity contribution in [1.29, 1.82) is 0 Å². The van der Waals surface area contributed by atoms with Gasteiger partial charge in [0.2, 0.25) is 5.91 Å². The largest absolute Gasteiger partial charge is 0.573 e. The molecule has 0 spiro atoms. The third-order valence-electron chi connectivity index (χ3n) is 4.76. The van der Waals surface area contributed by atoms with Crippen LogP contribution < -0.4 is 19.7 Å². The fraction of sp³-hybridized carbons (Fsp3) is 0.300. The lowest BCUT2D eigenvalue weighted by Crippen LogP contribution is -2.53. The van der Waals surface area contributed by atoms with Gasteiger partial charge in [0.25, 0.3) is 0 Å². The molecule has 0 bridgehead atoms. The Bertz CT molecular complexity index is 1060. The molecule has 1 amide bonds. The molecule has 1 aliphatic rings. The van der Waals surface area contributed by atoms with E-state index in [4.69, 9.17) is 4.74 Å². The summed E-state index contributed by atoms with van der Waals surface area (Å²) in [7, 11) is 1.61. The molecular formula is C20H18F3N3O3S. The standard InChI is InChI=1S/C20H18F3N3O3S/c1-28-14-6-7-15-17(8-14)30-19(25-15)26-10-13(11-26)18(27)24-9-12-4-2-3-5-16(12)29-20(21,22)23/h2-8,13H,9-11H2,1H3,(H,24,27). The summed E-state index contributed by atoms with van der Waals surface area (Å²) in [5.74, 6) is -0.0168. The average Bonchev–Trinajstić information content (AvgIpc) is 3.07. The topological polar surface area (TPSA) is 63.7 Å². The van der Waals surface area contributed by atoms with Crippen molar-refractivity contribution in [3.05, 3.63) is 48.0 Å². The highest BCUT2D eigenvalue weighted by Gasteiger charge is 2.35. The van der Waals surface area contributed by atoms with Gasteiger partial charge < -0.3 is 19.7 Å². The number of methoxy groups -OCH3 is 1. The predicted molar refractivity (Wildman–Crippen MR) is 107 cm³/mol. The Balaban J connectivity index is 1.33. The third-order valence-corrected chi connectivity index (χ3v) is 5.84. The Labute approximate surface area is 174 Å². The first kappa shape index (κ1) is 20.3. The van der Waals surface area contributed by atoms with Gasteiger partial charge in [0.05, 0.1) is 23.2 Å². The summed E-state index contributed by atoms with van der Waals surface area (Å²) in [6.45, 7) is 0.968. The number of fused-ring (bicyclic) bond motifs is 1. The molecule has 0 radical (unpaired) electrons. The first-order chi connectivity index (χ1) is 14.3. The molecule has 2 heterocycles. The van der Waals surface area contributed by atoms with Crippen molar-refractivity contribution in [1.82, 2.24) is 10.3 Å². The summed E-state index contributed by atoms with van der Waals surface area (Å²) in [6.07, 6.45) is -4.78. The normalized spacial score (nSPS) is 14.5. The van der Waals surface area contributed by atoms with Gasteiger partial charge >= 0.3 is 6.36 Å². The van der Waals surface area contributed by atoms with E-state index in [0.717, 1.165) is 21.1 Å². The van der Waals surface area contributed by atoms with Crippen molar-refractivity contribution in [2.24, 2.45) is 5.92 Å². The van der Waals surface area contributed by atoms with Crippen LogP contribution in [0.2, 0.25) is 0 Å². The second kappa shape index (κ2) is 8.02. The number of thiazole rings is 1. The van der Waals surface area contributed by atoms with E-state index in [0.29, 0.717) is 13.1 Å². The molecule has 6 nitrogen and oxygen atoms in total. The number of benzene rings is 2. The number of para-hydroxylation sites is 1. The van der Waals surface area contributed by atoms with Crippen LogP contribution in [-0.2, 0) is 11.3 Å². The van der Waals surface area contributed by atoms with E-state index >= 15 is 0 Å². The van der Waals surface area contributed by atoms with Gasteiger partial charge in [-0.25, -0.2) is 4.98 Å². The fourth-order valence-corrected chi connectivity index (χ4v) is 4.17. The highest BCUT2D eigenvalue weighted by atomic mass is 32.1. The lowest BCUT2D eigenvalue weighted by molar-refractivity contribution is -0.274. The zero-order chi connectivity index (χ0) is 21.3. The second-order valence-corrected chi connectivity index (χ2v) is 7.81. The Morgan fingerprint density at radius 1 is 1.27 bits per heavy atom. The molecule has 1 saturated heterocycles. The predicted octanol–water partition coefficient (Wildman–Crippen LogP) is 3.96. The van der Waals surface area contributed by atoms with E-state index in [1.807, 2.05) is 23.1 Å². The van der Waals surface area contributed by atoms with Gasteiger partial charge in [-0.05, 0) is 24.3 Å². The summed E-state index contributed by atoms with van der Waals surface area (Å²) in [6, 6.07) is 11.4. The van der Waals surface area contributed by atoms with Gasteiger partial charge in [-0.15, -0.1) is 13.2 Å². The van der Waals surface area contributed by atoms with Crippen LogP contribution >= 0.6 is 11.3 Å². The van der Waals surface area contributed by atoms with Crippen LogP contribution in [0.25, 0.3) is 10.2 Å². The monoisotopic (exact) mass is 437 g/mol. The summed E-state index contributed by atoms with van der Waals surface area (Å²) in [4.78, 5) is 19.0. The first-order valence-corrected chi connectivity index (χ1v) is 9.95. The van der Waals surface area contributed by atoms with Gasteiger partial charge in [-0.2, -0.15) is 0 Å². The number of nitrogens with zero attached hydrogens (tertiary/aromatic N) is 2. The zero-order valence-electron chi connectivity index (χ0n) is 15.9. The van der Waals surface area contributed by atoms with Crippen molar-refractivity contribution in [2.45, 2.75) is 12.9 Å². The third kappa shape index (κ3) is 4.43. The van der Waals surface area contributed by atoms with Crippen molar-refractivity contribution >= 4 is 32.6 Å². The van der Waals surface area contributed by atoms with E-state index < -0.39 is 6.36 Å². The number of ether oxygens (including phenoxy) is 2. The second-order valence-electron chi connectivity index (χ2n) is 6.81. The Kier molecular flexibility index (Phi) is 5.42. The van der Waals surface area contributed by atoms with Crippen LogP contribution in [-0.4, -0.2) is 37.5 Å². The van der Waals surface area contributed by atoms with Crippen LogP contribution in [0.15, 0.2) is 42.5 Å². The smallest absolute Gasteiger partial charge is 0.497 e. The van der Waals surface area contributed by atoms with Crippen LogP contribution in [0.4, 0.5) is 18.3 Å². The molecule has 0 aliphatic carbocycles. The number of carbonyl (C=O) groups excluding carboxylic acids is 1. The minimum Gasteiger partial charge on any atom is -0.497 e.